The number of benzene rings is 2. The number of primary sulfonamides is 1. The monoisotopic (exact) mass is 362 g/mol. The number of carbonyl (C=O) groups excluding carboxylic acids is 1. The summed E-state index contributed by atoms with van der Waals surface area (Å²) < 4.78 is 22.4. The highest BCUT2D eigenvalue weighted by Gasteiger charge is 2.08. The second kappa shape index (κ2) is 8.00. The smallest absolute Gasteiger partial charge is 0.319 e. The molecule has 0 aliphatic carbocycles. The summed E-state index contributed by atoms with van der Waals surface area (Å²) in [6, 6.07) is 13.5. The van der Waals surface area contributed by atoms with E-state index in [0.717, 1.165) is 16.9 Å². The van der Waals surface area contributed by atoms with E-state index in [-0.39, 0.29) is 10.9 Å². The Hall–Kier alpha value is -2.58. The average molecular weight is 362 g/mol. The van der Waals surface area contributed by atoms with Gasteiger partial charge in [0.15, 0.2) is 0 Å². The quantitative estimate of drug-likeness (QED) is 0.728. The molecule has 0 aromatic heterocycles. The Balaban J connectivity index is 1.87. The van der Waals surface area contributed by atoms with Gasteiger partial charge >= 0.3 is 6.03 Å². The van der Waals surface area contributed by atoms with Crippen molar-refractivity contribution in [2.75, 3.05) is 30.9 Å². The van der Waals surface area contributed by atoms with Crippen molar-refractivity contribution in [1.29, 1.82) is 0 Å². The van der Waals surface area contributed by atoms with Crippen LogP contribution in [0, 0.1) is 0 Å². The van der Waals surface area contributed by atoms with Gasteiger partial charge in [0.25, 0.3) is 0 Å². The lowest BCUT2D eigenvalue weighted by Gasteiger charge is -2.17. The molecule has 2 rings (SSSR count). The van der Waals surface area contributed by atoms with Crippen LogP contribution in [-0.4, -0.2) is 35.1 Å². The molecule has 2 aromatic rings. The zero-order valence-corrected chi connectivity index (χ0v) is 15.0. The lowest BCUT2D eigenvalue weighted by Crippen LogP contribution is -2.31. The molecule has 2 amide bonds. The van der Waals surface area contributed by atoms with Crippen LogP contribution in [-0.2, 0) is 16.4 Å². The van der Waals surface area contributed by atoms with E-state index < -0.39 is 10.0 Å². The molecule has 25 heavy (non-hydrogen) atoms. The maximum atomic E-state index is 12.0. The van der Waals surface area contributed by atoms with Gasteiger partial charge in [-0.15, -0.1) is 0 Å². The Bertz CT molecular complexity index is 833. The van der Waals surface area contributed by atoms with Gasteiger partial charge < -0.3 is 15.5 Å². The third-order valence-corrected chi connectivity index (χ3v) is 4.51. The summed E-state index contributed by atoms with van der Waals surface area (Å²) >= 11 is 0. The molecule has 0 spiro atoms. The van der Waals surface area contributed by atoms with E-state index >= 15 is 0 Å². The van der Waals surface area contributed by atoms with E-state index in [1.807, 2.05) is 43.3 Å². The van der Waals surface area contributed by atoms with Crippen LogP contribution in [0.25, 0.3) is 0 Å². The van der Waals surface area contributed by atoms with Crippen LogP contribution in [0.2, 0.25) is 0 Å². The summed E-state index contributed by atoms with van der Waals surface area (Å²) in [5.41, 5.74) is 2.54. The van der Waals surface area contributed by atoms with Gasteiger partial charge in [-0.05, 0) is 36.2 Å². The first-order valence-electron chi connectivity index (χ1n) is 7.70. The number of hydrogen-bond acceptors (Lipinski definition) is 4. The molecule has 0 unspecified atom stereocenters. The first kappa shape index (κ1) is 18.8. The van der Waals surface area contributed by atoms with E-state index in [1.165, 1.54) is 12.1 Å². The molecule has 0 bridgehead atoms. The molecule has 2 aromatic carbocycles. The molecule has 0 aliphatic heterocycles. The predicted molar refractivity (Wildman–Crippen MR) is 99.3 cm³/mol. The SMILES string of the molecule is CN(C)c1ccccc1NC(=O)NCCc1ccc(S(N)(=O)=O)cc1. The van der Waals surface area contributed by atoms with Crippen molar-refractivity contribution in [3.8, 4) is 0 Å². The number of amides is 2. The van der Waals surface area contributed by atoms with Crippen molar-refractivity contribution >= 4 is 27.4 Å². The standard InChI is InChI=1S/C17H22N4O3S/c1-21(2)16-6-4-3-5-15(16)20-17(22)19-12-11-13-7-9-14(10-8-13)25(18,23)24/h3-10H,11-12H2,1-2H3,(H2,18,23,24)(H2,19,20,22). The minimum Gasteiger partial charge on any atom is -0.376 e. The summed E-state index contributed by atoms with van der Waals surface area (Å²) in [6.07, 6.45) is 0.577. The molecule has 4 N–H and O–H groups in total. The topological polar surface area (TPSA) is 105 Å². The van der Waals surface area contributed by atoms with Crippen molar-refractivity contribution in [2.45, 2.75) is 11.3 Å². The third-order valence-electron chi connectivity index (χ3n) is 3.59. The highest BCUT2D eigenvalue weighted by molar-refractivity contribution is 7.89. The number of hydrogen-bond donors (Lipinski definition) is 3. The van der Waals surface area contributed by atoms with Gasteiger partial charge in [0.1, 0.15) is 0 Å². The highest BCUT2D eigenvalue weighted by Crippen LogP contribution is 2.23. The largest absolute Gasteiger partial charge is 0.376 e. The highest BCUT2D eigenvalue weighted by atomic mass is 32.2. The van der Waals surface area contributed by atoms with Crippen molar-refractivity contribution in [2.24, 2.45) is 5.14 Å². The average Bonchev–Trinajstić information content (AvgIpc) is 2.55. The van der Waals surface area contributed by atoms with Gasteiger partial charge in [-0.2, -0.15) is 0 Å². The molecular weight excluding hydrogens is 340 g/mol. The molecule has 0 fully saturated rings. The molecule has 0 heterocycles. The molecule has 0 saturated carbocycles. The fourth-order valence-corrected chi connectivity index (χ4v) is 2.82. The Morgan fingerprint density at radius 1 is 1.08 bits per heavy atom. The van der Waals surface area contributed by atoms with Gasteiger partial charge in [0.05, 0.1) is 16.3 Å². The van der Waals surface area contributed by atoms with Crippen LogP contribution >= 0.6 is 0 Å². The first-order valence-corrected chi connectivity index (χ1v) is 9.25. The number of para-hydroxylation sites is 2. The minimum atomic E-state index is -3.68. The summed E-state index contributed by atoms with van der Waals surface area (Å²) in [5.74, 6) is 0. The zero-order valence-electron chi connectivity index (χ0n) is 14.2. The van der Waals surface area contributed by atoms with Crippen molar-refractivity contribution in [3.05, 3.63) is 54.1 Å². The van der Waals surface area contributed by atoms with E-state index in [9.17, 15) is 13.2 Å². The fourth-order valence-electron chi connectivity index (χ4n) is 2.30. The molecule has 0 radical (unpaired) electrons. The number of sulfonamides is 1. The number of urea groups is 1. The van der Waals surface area contributed by atoms with Crippen molar-refractivity contribution < 1.29 is 13.2 Å². The summed E-state index contributed by atoms with van der Waals surface area (Å²) in [4.78, 5) is 14.0. The fraction of sp³-hybridized carbons (Fsp3) is 0.235. The Morgan fingerprint density at radius 3 is 2.32 bits per heavy atom. The molecule has 7 nitrogen and oxygen atoms in total. The molecular formula is C17H22N4O3S. The maximum absolute atomic E-state index is 12.0. The van der Waals surface area contributed by atoms with Gasteiger partial charge in [0, 0.05) is 20.6 Å². The minimum absolute atomic E-state index is 0.0715. The van der Waals surface area contributed by atoms with Gasteiger partial charge in [0.2, 0.25) is 10.0 Å². The number of rotatable bonds is 6. The molecule has 0 aliphatic rings. The van der Waals surface area contributed by atoms with E-state index in [0.29, 0.717) is 13.0 Å². The van der Waals surface area contributed by atoms with Crippen LogP contribution < -0.4 is 20.7 Å². The Labute approximate surface area is 147 Å². The Morgan fingerprint density at radius 2 is 1.72 bits per heavy atom. The Kier molecular flexibility index (Phi) is 6.00. The van der Waals surface area contributed by atoms with Gasteiger partial charge in [-0.3, -0.25) is 0 Å². The lowest BCUT2D eigenvalue weighted by molar-refractivity contribution is 0.252. The maximum Gasteiger partial charge on any atom is 0.319 e. The van der Waals surface area contributed by atoms with Crippen LogP contribution in [0.3, 0.4) is 0 Å². The predicted octanol–water partition coefficient (Wildman–Crippen LogP) is 1.76. The number of carbonyl (C=O) groups is 1. The van der Waals surface area contributed by atoms with Crippen molar-refractivity contribution in [3.63, 3.8) is 0 Å². The molecule has 8 heteroatoms. The first-order chi connectivity index (χ1) is 11.8. The van der Waals surface area contributed by atoms with E-state index in [1.54, 1.807) is 12.1 Å². The van der Waals surface area contributed by atoms with E-state index in [4.69, 9.17) is 5.14 Å². The van der Waals surface area contributed by atoms with E-state index in [2.05, 4.69) is 10.6 Å². The number of nitrogens with one attached hydrogen (secondary N) is 2. The van der Waals surface area contributed by atoms with Crippen LogP contribution in [0.1, 0.15) is 5.56 Å². The van der Waals surface area contributed by atoms with Crippen molar-refractivity contribution in [1.82, 2.24) is 5.32 Å². The van der Waals surface area contributed by atoms with Crippen LogP contribution in [0.4, 0.5) is 16.2 Å². The lowest BCUT2D eigenvalue weighted by atomic mass is 10.1. The summed E-state index contributed by atoms with van der Waals surface area (Å²) in [5, 5.41) is 10.7. The third kappa shape index (κ3) is 5.47. The zero-order chi connectivity index (χ0) is 18.4. The van der Waals surface area contributed by atoms with Gasteiger partial charge in [-0.1, -0.05) is 24.3 Å². The number of nitrogens with zero attached hydrogens (tertiary/aromatic N) is 1. The number of nitrogens with two attached hydrogens (primary N) is 1. The molecule has 0 saturated heterocycles. The second-order valence-electron chi connectivity index (χ2n) is 5.73. The second-order valence-corrected chi connectivity index (χ2v) is 7.29. The summed E-state index contributed by atoms with van der Waals surface area (Å²) in [6.45, 7) is 0.421. The van der Waals surface area contributed by atoms with Gasteiger partial charge in [-0.25, -0.2) is 18.4 Å². The molecule has 0 atom stereocenters. The van der Waals surface area contributed by atoms with Crippen LogP contribution in [0.5, 0.6) is 0 Å². The van der Waals surface area contributed by atoms with Crippen LogP contribution in [0.15, 0.2) is 53.4 Å². The number of anilines is 2. The summed E-state index contributed by atoms with van der Waals surface area (Å²) in [7, 11) is 0.130. The normalized spacial score (nSPS) is 11.0. The molecule has 134 valence electrons.